The highest BCUT2D eigenvalue weighted by Gasteiger charge is 2.16. The molecule has 0 aliphatic carbocycles. The molecule has 0 atom stereocenters. The molecule has 0 spiro atoms. The van der Waals surface area contributed by atoms with Crippen molar-refractivity contribution in [1.29, 1.82) is 0 Å². The van der Waals surface area contributed by atoms with Crippen LogP contribution in [0.1, 0.15) is 21.6 Å². The lowest BCUT2D eigenvalue weighted by molar-refractivity contribution is -0.135. The van der Waals surface area contributed by atoms with Crippen LogP contribution < -0.4 is 10.9 Å². The Morgan fingerprint density at radius 3 is 2.39 bits per heavy atom. The standard InChI is InChI=1S/C21H17N3O4/c1-13-11-16(15-9-5-6-10-17(15)22-13)20(27)23-24-21(28)19(26)12-18(25)14-7-3-2-4-8-14/h2-12,25H,1H3,(H,23,27)(H,24,28)/b18-12-. The lowest BCUT2D eigenvalue weighted by atomic mass is 10.1. The zero-order valence-electron chi connectivity index (χ0n) is 15.0. The van der Waals surface area contributed by atoms with E-state index in [-0.39, 0.29) is 5.76 Å². The summed E-state index contributed by atoms with van der Waals surface area (Å²) >= 11 is 0. The largest absolute Gasteiger partial charge is 0.507 e. The third kappa shape index (κ3) is 4.21. The average Bonchev–Trinajstić information content (AvgIpc) is 2.71. The number of carbonyl (C=O) groups excluding carboxylic acids is 3. The molecule has 7 heteroatoms. The molecule has 0 fully saturated rings. The number of ketones is 1. The average molecular weight is 375 g/mol. The van der Waals surface area contributed by atoms with E-state index in [0.29, 0.717) is 27.7 Å². The third-order valence-corrected chi connectivity index (χ3v) is 3.94. The fourth-order valence-electron chi connectivity index (χ4n) is 2.62. The van der Waals surface area contributed by atoms with Crippen molar-refractivity contribution >= 4 is 34.3 Å². The number of aliphatic hydroxyl groups excluding tert-OH is 1. The molecule has 3 aromatic rings. The number of nitrogens with one attached hydrogen (secondary N) is 2. The minimum atomic E-state index is -1.08. The van der Waals surface area contributed by atoms with Crippen LogP contribution in [0.2, 0.25) is 0 Å². The predicted octanol–water partition coefficient (Wildman–Crippen LogP) is 2.47. The monoisotopic (exact) mass is 375 g/mol. The van der Waals surface area contributed by atoms with Crippen LogP contribution in [0.5, 0.6) is 0 Å². The summed E-state index contributed by atoms with van der Waals surface area (Å²) < 4.78 is 0. The lowest BCUT2D eigenvalue weighted by Gasteiger charge is -2.09. The Bertz CT molecular complexity index is 1090. The van der Waals surface area contributed by atoms with Gasteiger partial charge in [0.05, 0.1) is 11.1 Å². The van der Waals surface area contributed by atoms with Crippen LogP contribution in [0.3, 0.4) is 0 Å². The number of rotatable bonds is 4. The summed E-state index contributed by atoms with van der Waals surface area (Å²) in [4.78, 5) is 40.7. The Balaban J connectivity index is 1.69. The highest BCUT2D eigenvalue weighted by atomic mass is 16.3. The van der Waals surface area contributed by atoms with Crippen molar-refractivity contribution in [1.82, 2.24) is 15.8 Å². The molecule has 140 valence electrons. The molecule has 0 aliphatic rings. The summed E-state index contributed by atoms with van der Waals surface area (Å²) in [7, 11) is 0. The number of hydrogen-bond donors (Lipinski definition) is 3. The van der Waals surface area contributed by atoms with E-state index in [2.05, 4.69) is 15.8 Å². The Kier molecular flexibility index (Phi) is 5.45. The van der Waals surface area contributed by atoms with Gasteiger partial charge < -0.3 is 5.11 Å². The van der Waals surface area contributed by atoms with Crippen molar-refractivity contribution < 1.29 is 19.5 Å². The van der Waals surface area contributed by atoms with Crippen molar-refractivity contribution in [2.24, 2.45) is 0 Å². The van der Waals surface area contributed by atoms with Crippen molar-refractivity contribution in [3.63, 3.8) is 0 Å². The molecular formula is C21H17N3O4. The highest BCUT2D eigenvalue weighted by Crippen LogP contribution is 2.17. The molecule has 0 saturated heterocycles. The van der Waals surface area contributed by atoms with Crippen molar-refractivity contribution in [2.75, 3.05) is 0 Å². The van der Waals surface area contributed by atoms with E-state index in [1.165, 1.54) is 0 Å². The number of pyridine rings is 1. The first-order chi connectivity index (χ1) is 13.5. The van der Waals surface area contributed by atoms with E-state index in [1.54, 1.807) is 61.5 Å². The number of hydrogen-bond acceptors (Lipinski definition) is 5. The first-order valence-electron chi connectivity index (χ1n) is 8.43. The molecule has 1 aromatic heterocycles. The van der Waals surface area contributed by atoms with Crippen LogP contribution in [0.15, 0.2) is 66.7 Å². The van der Waals surface area contributed by atoms with E-state index in [0.717, 1.165) is 6.08 Å². The third-order valence-electron chi connectivity index (χ3n) is 3.94. The van der Waals surface area contributed by atoms with Crippen LogP contribution in [0, 0.1) is 6.92 Å². The van der Waals surface area contributed by atoms with E-state index >= 15 is 0 Å². The Morgan fingerprint density at radius 2 is 1.64 bits per heavy atom. The first-order valence-corrected chi connectivity index (χ1v) is 8.43. The van der Waals surface area contributed by atoms with Gasteiger partial charge in [-0.15, -0.1) is 0 Å². The molecule has 3 rings (SSSR count). The van der Waals surface area contributed by atoms with Gasteiger partial charge in [-0.05, 0) is 19.1 Å². The number of aliphatic hydroxyl groups is 1. The van der Waals surface area contributed by atoms with E-state index in [9.17, 15) is 19.5 Å². The molecule has 2 aromatic carbocycles. The van der Waals surface area contributed by atoms with Crippen molar-refractivity contribution in [2.45, 2.75) is 6.92 Å². The zero-order valence-corrected chi connectivity index (χ0v) is 15.0. The van der Waals surface area contributed by atoms with Gasteiger partial charge in [0, 0.05) is 22.7 Å². The van der Waals surface area contributed by atoms with E-state index < -0.39 is 17.6 Å². The summed E-state index contributed by atoms with van der Waals surface area (Å²) in [5, 5.41) is 10.5. The Hall–Kier alpha value is -4.00. The highest BCUT2D eigenvalue weighted by molar-refractivity contribution is 6.41. The van der Waals surface area contributed by atoms with Gasteiger partial charge in [-0.2, -0.15) is 0 Å². The van der Waals surface area contributed by atoms with Crippen LogP contribution in [-0.2, 0) is 9.59 Å². The van der Waals surface area contributed by atoms with Crippen LogP contribution >= 0.6 is 0 Å². The molecule has 7 nitrogen and oxygen atoms in total. The maximum Gasteiger partial charge on any atom is 0.310 e. The number of nitrogens with zero attached hydrogens (tertiary/aromatic N) is 1. The quantitative estimate of drug-likeness (QED) is 0.281. The molecule has 28 heavy (non-hydrogen) atoms. The molecule has 0 aliphatic heterocycles. The second-order valence-corrected chi connectivity index (χ2v) is 6.00. The smallest absolute Gasteiger partial charge is 0.310 e. The van der Waals surface area contributed by atoms with Gasteiger partial charge in [0.1, 0.15) is 5.76 Å². The molecule has 0 unspecified atom stereocenters. The topological polar surface area (TPSA) is 108 Å². The normalized spacial score (nSPS) is 11.1. The van der Waals surface area contributed by atoms with Crippen LogP contribution in [0.4, 0.5) is 0 Å². The SMILES string of the molecule is Cc1cc(C(=O)NNC(=O)C(=O)/C=C(\O)c2ccccc2)c2ccccc2n1. The van der Waals surface area contributed by atoms with Gasteiger partial charge in [-0.1, -0.05) is 48.5 Å². The van der Waals surface area contributed by atoms with E-state index in [1.807, 2.05) is 6.07 Å². The molecule has 1 heterocycles. The molecule has 0 radical (unpaired) electrons. The van der Waals surface area contributed by atoms with Gasteiger partial charge in [-0.25, -0.2) is 0 Å². The second kappa shape index (κ2) is 8.13. The van der Waals surface area contributed by atoms with Gasteiger partial charge in [0.15, 0.2) is 0 Å². The number of amides is 2. The maximum atomic E-state index is 12.5. The van der Waals surface area contributed by atoms with Gasteiger partial charge >= 0.3 is 5.91 Å². The minimum Gasteiger partial charge on any atom is -0.507 e. The zero-order chi connectivity index (χ0) is 20.1. The number of aromatic nitrogens is 1. The summed E-state index contributed by atoms with van der Waals surface area (Å²) in [5.41, 5.74) is 6.27. The van der Waals surface area contributed by atoms with Crippen molar-refractivity contribution in [3.05, 3.63) is 83.6 Å². The Labute approximate surface area is 160 Å². The van der Waals surface area contributed by atoms with Gasteiger partial charge in [0.25, 0.3) is 5.91 Å². The summed E-state index contributed by atoms with van der Waals surface area (Å²) in [6, 6.07) is 17.0. The fourth-order valence-corrected chi connectivity index (χ4v) is 2.62. The lowest BCUT2D eigenvalue weighted by Crippen LogP contribution is -2.44. The number of para-hydroxylation sites is 1. The number of aryl methyl sites for hydroxylation is 1. The van der Waals surface area contributed by atoms with E-state index in [4.69, 9.17) is 0 Å². The van der Waals surface area contributed by atoms with Gasteiger partial charge in [-0.3, -0.25) is 30.2 Å². The molecule has 3 N–H and O–H groups in total. The first kappa shape index (κ1) is 18.8. The minimum absolute atomic E-state index is 0.318. The van der Waals surface area contributed by atoms with Crippen LogP contribution in [0.25, 0.3) is 16.7 Å². The molecule has 0 bridgehead atoms. The number of carbonyl (C=O) groups is 3. The summed E-state index contributed by atoms with van der Waals surface area (Å²) in [6.07, 6.45) is 0.794. The van der Waals surface area contributed by atoms with Gasteiger partial charge in [0.2, 0.25) is 5.78 Å². The molecular weight excluding hydrogens is 358 g/mol. The molecule has 0 saturated carbocycles. The number of fused-ring (bicyclic) bond motifs is 1. The fraction of sp³-hybridized carbons (Fsp3) is 0.0476. The van der Waals surface area contributed by atoms with Crippen molar-refractivity contribution in [3.8, 4) is 0 Å². The summed E-state index contributed by atoms with van der Waals surface area (Å²) in [6.45, 7) is 1.75. The number of benzene rings is 2. The predicted molar refractivity (Wildman–Crippen MR) is 104 cm³/mol. The summed E-state index contributed by atoms with van der Waals surface area (Å²) in [5.74, 6) is -3.01. The Morgan fingerprint density at radius 1 is 0.964 bits per heavy atom. The second-order valence-electron chi connectivity index (χ2n) is 6.00. The number of hydrazine groups is 1. The van der Waals surface area contributed by atoms with Crippen LogP contribution in [-0.4, -0.2) is 27.7 Å². The molecule has 2 amide bonds. The maximum absolute atomic E-state index is 12.5.